The molecule has 0 aromatic carbocycles. The van der Waals surface area contributed by atoms with Crippen molar-refractivity contribution in [2.24, 2.45) is 0 Å². The van der Waals surface area contributed by atoms with Crippen LogP contribution < -0.4 is 10.6 Å². The molecule has 0 spiro atoms. The molecule has 0 saturated carbocycles. The standard InChI is InChI=1S/C14H17N5O/c1-2-5-16-14(20)12-7-13(19-10-18-12)17-9-11-4-3-6-15-8-11/h3-4,6-8,10H,2,5,9H2,1H3,(H,16,20)(H,17,18,19). The molecule has 0 fully saturated rings. The third kappa shape index (κ3) is 4.01. The van der Waals surface area contributed by atoms with Crippen LogP contribution >= 0.6 is 0 Å². The summed E-state index contributed by atoms with van der Waals surface area (Å²) >= 11 is 0. The maximum Gasteiger partial charge on any atom is 0.270 e. The van der Waals surface area contributed by atoms with Crippen molar-refractivity contribution in [1.82, 2.24) is 20.3 Å². The molecule has 2 rings (SSSR count). The Morgan fingerprint density at radius 1 is 1.35 bits per heavy atom. The zero-order chi connectivity index (χ0) is 14.2. The lowest BCUT2D eigenvalue weighted by Crippen LogP contribution is -2.25. The van der Waals surface area contributed by atoms with E-state index in [0.29, 0.717) is 24.6 Å². The fourth-order valence-corrected chi connectivity index (χ4v) is 1.60. The molecule has 2 aromatic heterocycles. The number of rotatable bonds is 6. The molecule has 0 aliphatic heterocycles. The number of pyridine rings is 1. The van der Waals surface area contributed by atoms with E-state index in [0.717, 1.165) is 12.0 Å². The number of nitrogens with zero attached hydrogens (tertiary/aromatic N) is 3. The minimum absolute atomic E-state index is 0.182. The van der Waals surface area contributed by atoms with E-state index < -0.39 is 0 Å². The van der Waals surface area contributed by atoms with Gasteiger partial charge in [-0.05, 0) is 18.1 Å². The average molecular weight is 271 g/mol. The quantitative estimate of drug-likeness (QED) is 0.834. The first-order valence-corrected chi connectivity index (χ1v) is 6.52. The van der Waals surface area contributed by atoms with Crippen molar-refractivity contribution in [3.8, 4) is 0 Å². The Morgan fingerprint density at radius 2 is 2.25 bits per heavy atom. The normalized spacial score (nSPS) is 10.1. The average Bonchev–Trinajstić information content (AvgIpc) is 2.52. The van der Waals surface area contributed by atoms with Gasteiger partial charge in [-0.25, -0.2) is 9.97 Å². The predicted octanol–water partition coefficient (Wildman–Crippen LogP) is 1.62. The van der Waals surface area contributed by atoms with Crippen molar-refractivity contribution in [3.05, 3.63) is 48.2 Å². The first-order valence-electron chi connectivity index (χ1n) is 6.52. The van der Waals surface area contributed by atoms with E-state index in [-0.39, 0.29) is 5.91 Å². The second kappa shape index (κ2) is 7.18. The summed E-state index contributed by atoms with van der Waals surface area (Å²) in [6, 6.07) is 5.48. The highest BCUT2D eigenvalue weighted by Crippen LogP contribution is 2.06. The number of amides is 1. The molecule has 2 aromatic rings. The summed E-state index contributed by atoms with van der Waals surface area (Å²) < 4.78 is 0. The molecule has 2 N–H and O–H groups in total. The van der Waals surface area contributed by atoms with Crippen molar-refractivity contribution in [1.29, 1.82) is 0 Å². The van der Waals surface area contributed by atoms with Gasteiger partial charge in [0.25, 0.3) is 5.91 Å². The smallest absolute Gasteiger partial charge is 0.270 e. The number of aromatic nitrogens is 3. The first kappa shape index (κ1) is 13.9. The van der Waals surface area contributed by atoms with Gasteiger partial charge in [0, 0.05) is 31.5 Å². The van der Waals surface area contributed by atoms with Crippen LogP contribution in [-0.4, -0.2) is 27.4 Å². The largest absolute Gasteiger partial charge is 0.366 e. The number of hydrogen-bond donors (Lipinski definition) is 2. The summed E-state index contributed by atoms with van der Waals surface area (Å²) in [5, 5.41) is 5.92. The fraction of sp³-hybridized carbons (Fsp3) is 0.286. The zero-order valence-electron chi connectivity index (χ0n) is 11.3. The SMILES string of the molecule is CCCNC(=O)c1cc(NCc2cccnc2)ncn1. The molecule has 1 amide bonds. The summed E-state index contributed by atoms with van der Waals surface area (Å²) in [6.07, 6.45) is 5.78. The van der Waals surface area contributed by atoms with Crippen molar-refractivity contribution < 1.29 is 4.79 Å². The van der Waals surface area contributed by atoms with Crippen LogP contribution in [-0.2, 0) is 6.54 Å². The molecular weight excluding hydrogens is 254 g/mol. The van der Waals surface area contributed by atoms with Gasteiger partial charge in [-0.2, -0.15) is 0 Å². The van der Waals surface area contributed by atoms with Gasteiger partial charge in [-0.1, -0.05) is 13.0 Å². The van der Waals surface area contributed by atoms with Gasteiger partial charge in [-0.15, -0.1) is 0 Å². The highest BCUT2D eigenvalue weighted by molar-refractivity contribution is 5.92. The highest BCUT2D eigenvalue weighted by Gasteiger charge is 2.07. The van der Waals surface area contributed by atoms with E-state index >= 15 is 0 Å². The molecule has 0 aliphatic rings. The van der Waals surface area contributed by atoms with Gasteiger partial charge in [-0.3, -0.25) is 9.78 Å². The highest BCUT2D eigenvalue weighted by atomic mass is 16.1. The molecule has 0 radical (unpaired) electrons. The molecular formula is C14H17N5O. The molecule has 0 unspecified atom stereocenters. The Hall–Kier alpha value is -2.50. The van der Waals surface area contributed by atoms with Crippen LogP contribution in [0.5, 0.6) is 0 Å². The van der Waals surface area contributed by atoms with E-state index in [9.17, 15) is 4.79 Å². The van der Waals surface area contributed by atoms with Gasteiger partial charge < -0.3 is 10.6 Å². The molecule has 0 atom stereocenters. The summed E-state index contributed by atoms with van der Waals surface area (Å²) in [4.78, 5) is 23.9. The Labute approximate surface area is 117 Å². The van der Waals surface area contributed by atoms with Crippen LogP contribution in [0.15, 0.2) is 36.9 Å². The minimum atomic E-state index is -0.182. The second-order valence-corrected chi connectivity index (χ2v) is 4.26. The third-order valence-corrected chi connectivity index (χ3v) is 2.63. The van der Waals surface area contributed by atoms with Gasteiger partial charge in [0.15, 0.2) is 0 Å². The lowest BCUT2D eigenvalue weighted by molar-refractivity contribution is 0.0948. The van der Waals surface area contributed by atoms with Crippen LogP contribution in [0.4, 0.5) is 5.82 Å². The molecule has 0 aliphatic carbocycles. The number of carbonyl (C=O) groups excluding carboxylic acids is 1. The predicted molar refractivity (Wildman–Crippen MR) is 76.2 cm³/mol. The van der Waals surface area contributed by atoms with Crippen LogP contribution in [0, 0.1) is 0 Å². The molecule has 0 bridgehead atoms. The summed E-state index contributed by atoms with van der Waals surface area (Å²) in [6.45, 7) is 3.24. The lowest BCUT2D eigenvalue weighted by atomic mass is 10.3. The monoisotopic (exact) mass is 271 g/mol. The first-order chi connectivity index (χ1) is 9.79. The molecule has 20 heavy (non-hydrogen) atoms. The number of carbonyl (C=O) groups is 1. The number of anilines is 1. The summed E-state index contributed by atoms with van der Waals surface area (Å²) in [7, 11) is 0. The van der Waals surface area contributed by atoms with Crippen LogP contribution in [0.3, 0.4) is 0 Å². The second-order valence-electron chi connectivity index (χ2n) is 4.26. The topological polar surface area (TPSA) is 79.8 Å². The summed E-state index contributed by atoms with van der Waals surface area (Å²) in [5.41, 5.74) is 1.41. The maximum absolute atomic E-state index is 11.8. The molecule has 2 heterocycles. The Bertz CT molecular complexity index is 559. The summed E-state index contributed by atoms with van der Waals surface area (Å²) in [5.74, 6) is 0.434. The van der Waals surface area contributed by atoms with Crippen molar-refractivity contribution in [2.45, 2.75) is 19.9 Å². The van der Waals surface area contributed by atoms with E-state index in [2.05, 4.69) is 25.6 Å². The van der Waals surface area contributed by atoms with E-state index in [1.165, 1.54) is 6.33 Å². The van der Waals surface area contributed by atoms with Crippen LogP contribution in [0.2, 0.25) is 0 Å². The Kier molecular flexibility index (Phi) is 5.00. The third-order valence-electron chi connectivity index (χ3n) is 2.63. The number of nitrogens with one attached hydrogen (secondary N) is 2. The van der Waals surface area contributed by atoms with E-state index in [1.54, 1.807) is 18.5 Å². The molecule has 6 nitrogen and oxygen atoms in total. The van der Waals surface area contributed by atoms with Gasteiger partial charge in [0.05, 0.1) is 0 Å². The van der Waals surface area contributed by atoms with E-state index in [4.69, 9.17) is 0 Å². The number of hydrogen-bond acceptors (Lipinski definition) is 5. The molecule has 0 saturated heterocycles. The van der Waals surface area contributed by atoms with Crippen molar-refractivity contribution in [2.75, 3.05) is 11.9 Å². The van der Waals surface area contributed by atoms with Gasteiger partial charge in [0.1, 0.15) is 17.8 Å². The maximum atomic E-state index is 11.8. The van der Waals surface area contributed by atoms with Crippen molar-refractivity contribution >= 4 is 11.7 Å². The Balaban J connectivity index is 1.97. The van der Waals surface area contributed by atoms with E-state index in [1.807, 2.05) is 19.1 Å². The van der Waals surface area contributed by atoms with Crippen LogP contribution in [0.25, 0.3) is 0 Å². The van der Waals surface area contributed by atoms with Gasteiger partial charge >= 0.3 is 0 Å². The zero-order valence-corrected chi connectivity index (χ0v) is 11.3. The van der Waals surface area contributed by atoms with Crippen molar-refractivity contribution in [3.63, 3.8) is 0 Å². The fourth-order valence-electron chi connectivity index (χ4n) is 1.60. The molecule has 104 valence electrons. The lowest BCUT2D eigenvalue weighted by Gasteiger charge is -2.07. The molecule has 6 heteroatoms. The van der Waals surface area contributed by atoms with Crippen LogP contribution in [0.1, 0.15) is 29.4 Å². The van der Waals surface area contributed by atoms with Gasteiger partial charge in [0.2, 0.25) is 0 Å². The minimum Gasteiger partial charge on any atom is -0.366 e. The Morgan fingerprint density at radius 3 is 3.00 bits per heavy atom.